The van der Waals surface area contributed by atoms with Crippen LogP contribution in [0.1, 0.15) is 82.1 Å². The molecule has 1 heterocycles. The molecule has 0 atom stereocenters. The Morgan fingerprint density at radius 1 is 0.739 bits per heavy atom. The minimum absolute atomic E-state index is 0.0547. The molecule has 1 rings (SSSR count). The van der Waals surface area contributed by atoms with Crippen molar-refractivity contribution in [2.24, 2.45) is 10.8 Å². The van der Waals surface area contributed by atoms with Crippen LogP contribution in [0.4, 0.5) is 0 Å². The molecule has 4 heteroatoms. The molecule has 0 saturated heterocycles. The average molecular weight is 436 g/mol. The first-order chi connectivity index (χ1) is 10.1. The summed E-state index contributed by atoms with van der Waals surface area (Å²) in [5.74, 6) is 0. The number of rotatable bonds is 4. The van der Waals surface area contributed by atoms with Crippen molar-refractivity contribution >= 4 is 9.19 Å². The van der Waals surface area contributed by atoms with Gasteiger partial charge in [0.1, 0.15) is 0 Å². The standard InChI is InChI=1S/C19H36N2.Ag.ClH/c1-16(2,3)13-18(7,8)20-11-12-21(15-20)19(9,10)14-17(4,5)6;;/h11-12H,13-14H2,1-10H3;;1H/q;-1;/p-1. The van der Waals surface area contributed by atoms with E-state index in [0.717, 1.165) is 12.8 Å². The van der Waals surface area contributed by atoms with E-state index >= 15 is 0 Å². The van der Waals surface area contributed by atoms with Gasteiger partial charge in [-0.15, -0.1) is 0 Å². The molecule has 0 unspecified atom stereocenters. The van der Waals surface area contributed by atoms with Crippen LogP contribution in [0, 0.1) is 14.5 Å². The Hall–Kier alpha value is 0.240. The Bertz CT molecular complexity index is 544. The van der Waals surface area contributed by atoms with Crippen LogP contribution < -0.4 is 0 Å². The van der Waals surface area contributed by atoms with Gasteiger partial charge in [0.15, 0.2) is 0 Å². The van der Waals surface area contributed by atoms with Crippen LogP contribution in [0.5, 0.6) is 0 Å². The zero-order valence-electron chi connectivity index (χ0n) is 16.6. The quantitative estimate of drug-likeness (QED) is 0.484. The molecular weight excluding hydrogens is 400 g/mol. The zero-order chi connectivity index (χ0) is 18.3. The number of halogens is 1. The van der Waals surface area contributed by atoms with Crippen molar-refractivity contribution in [1.29, 1.82) is 0 Å². The van der Waals surface area contributed by atoms with Crippen molar-refractivity contribution < 1.29 is 18.2 Å². The summed E-state index contributed by atoms with van der Waals surface area (Å²) < 4.78 is 6.03. The first-order valence-electron chi connectivity index (χ1n) is 8.42. The van der Waals surface area contributed by atoms with Crippen molar-refractivity contribution in [3.63, 3.8) is 0 Å². The molecule has 0 bridgehead atoms. The summed E-state index contributed by atoms with van der Waals surface area (Å²) in [6.07, 6.45) is 6.68. The monoisotopic (exact) mass is 434 g/mol. The molecule has 0 N–H and O–H groups in total. The van der Waals surface area contributed by atoms with E-state index in [2.05, 4.69) is 90.8 Å². The number of hydrogen-bond donors (Lipinski definition) is 0. The zero-order valence-corrected chi connectivity index (χ0v) is 18.9. The van der Waals surface area contributed by atoms with Crippen LogP contribution in [-0.2, 0) is 29.3 Å². The number of imidazole rings is 1. The molecule has 1 aromatic rings. The van der Waals surface area contributed by atoms with Crippen LogP contribution in [0.15, 0.2) is 12.4 Å². The van der Waals surface area contributed by atoms with Gasteiger partial charge in [0.25, 0.3) is 0 Å². The predicted molar refractivity (Wildman–Crippen MR) is 98.3 cm³/mol. The Balaban J connectivity index is 3.36. The fourth-order valence-electron chi connectivity index (χ4n) is 4.04. The van der Waals surface area contributed by atoms with Crippen LogP contribution in [-0.4, -0.2) is 9.13 Å². The summed E-state index contributed by atoms with van der Waals surface area (Å²) in [6.45, 7) is 23.1. The third kappa shape index (κ3) is 5.92. The van der Waals surface area contributed by atoms with Gasteiger partial charge >= 0.3 is 157 Å². The molecule has 0 aliphatic carbocycles. The van der Waals surface area contributed by atoms with Gasteiger partial charge in [-0.1, -0.05) is 0 Å². The van der Waals surface area contributed by atoms with Crippen molar-refractivity contribution in [2.45, 2.75) is 93.2 Å². The third-order valence-corrected chi connectivity index (χ3v) is 5.57. The van der Waals surface area contributed by atoms with Crippen molar-refractivity contribution in [3.8, 4) is 0 Å². The Morgan fingerprint density at radius 3 is 1.26 bits per heavy atom. The number of aromatic nitrogens is 2. The van der Waals surface area contributed by atoms with Gasteiger partial charge in [-0.3, -0.25) is 0 Å². The fraction of sp³-hybridized carbons (Fsp3) is 0.842. The molecule has 0 aliphatic heterocycles. The second-order valence-electron chi connectivity index (χ2n) is 10.4. The van der Waals surface area contributed by atoms with E-state index in [9.17, 15) is 0 Å². The fourth-order valence-corrected chi connectivity index (χ4v) is 6.08. The molecule has 0 aromatic carbocycles. The van der Waals surface area contributed by atoms with E-state index in [1.807, 2.05) is 0 Å². The van der Waals surface area contributed by atoms with E-state index in [0.29, 0.717) is 0 Å². The predicted octanol–water partition coefficient (Wildman–Crippen LogP) is 6.40. The van der Waals surface area contributed by atoms with Crippen molar-refractivity contribution in [3.05, 3.63) is 16.0 Å². The minimum atomic E-state index is 0.0547. The second kappa shape index (κ2) is 6.86. The number of hydrogen-bond acceptors (Lipinski definition) is 0. The molecule has 0 saturated carbocycles. The first kappa shape index (κ1) is 21.3. The third-order valence-electron chi connectivity index (χ3n) is 4.01. The van der Waals surface area contributed by atoms with E-state index < -0.39 is 0 Å². The molecule has 0 spiro atoms. The van der Waals surface area contributed by atoms with E-state index in [4.69, 9.17) is 9.19 Å². The summed E-state index contributed by atoms with van der Waals surface area (Å²) in [6, 6.07) is 0. The Morgan fingerprint density at radius 2 is 1.04 bits per heavy atom. The van der Waals surface area contributed by atoms with Gasteiger partial charge in [-0.2, -0.15) is 0 Å². The SMILES string of the molecule is CC(C)(C)CC(C)(C)n1ccn(C(C)(C)CC(C)(C)C)[c]1=[Ag-2][Cl]. The van der Waals surface area contributed by atoms with E-state index in [1.54, 1.807) is 0 Å². The summed E-state index contributed by atoms with van der Waals surface area (Å²) in [5, 5.41) is 0. The van der Waals surface area contributed by atoms with E-state index in [1.165, 1.54) is 3.63 Å². The molecule has 23 heavy (non-hydrogen) atoms. The molecule has 142 valence electrons. The van der Waals surface area contributed by atoms with Gasteiger partial charge in [0.05, 0.1) is 0 Å². The summed E-state index contributed by atoms with van der Waals surface area (Å²) in [4.78, 5) is 0. The second-order valence-corrected chi connectivity index (χ2v) is 12.0. The number of nitrogens with zero attached hydrogens (tertiary/aromatic N) is 2. The molecule has 0 aliphatic rings. The van der Waals surface area contributed by atoms with Crippen LogP contribution in [0.3, 0.4) is 0 Å². The van der Waals surface area contributed by atoms with Crippen molar-refractivity contribution in [2.75, 3.05) is 0 Å². The molecule has 0 radical (unpaired) electrons. The van der Waals surface area contributed by atoms with Gasteiger partial charge in [-0.25, -0.2) is 0 Å². The van der Waals surface area contributed by atoms with Crippen molar-refractivity contribution in [1.82, 2.24) is 9.13 Å². The molecule has 0 amide bonds. The van der Waals surface area contributed by atoms with E-state index in [-0.39, 0.29) is 40.1 Å². The summed E-state index contributed by atoms with van der Waals surface area (Å²) >= 11 is 0.249. The maximum atomic E-state index is 6.42. The normalized spacial score (nSPS) is 14.6. The Kier molecular flexibility index (Phi) is 6.35. The molecule has 0 fully saturated rings. The molecular formula is C19H36AgClN2-2. The maximum absolute atomic E-state index is 6.42. The van der Waals surface area contributed by atoms with Crippen LogP contribution >= 0.6 is 9.19 Å². The topological polar surface area (TPSA) is 9.86 Å². The van der Waals surface area contributed by atoms with Gasteiger partial charge in [0, 0.05) is 0 Å². The van der Waals surface area contributed by atoms with Gasteiger partial charge in [0.2, 0.25) is 0 Å². The van der Waals surface area contributed by atoms with Gasteiger partial charge in [-0.05, 0) is 0 Å². The average Bonchev–Trinajstić information content (AvgIpc) is 2.66. The van der Waals surface area contributed by atoms with Gasteiger partial charge < -0.3 is 0 Å². The summed E-state index contributed by atoms with van der Waals surface area (Å²) in [5.41, 5.74) is 0.678. The molecule has 1 aromatic heterocycles. The van der Waals surface area contributed by atoms with Crippen LogP contribution in [0.25, 0.3) is 0 Å². The van der Waals surface area contributed by atoms with Crippen LogP contribution in [0.2, 0.25) is 0 Å². The summed E-state index contributed by atoms with van der Waals surface area (Å²) in [7, 11) is 6.42. The molecule has 2 nitrogen and oxygen atoms in total. The Labute approximate surface area is 156 Å². The first-order valence-corrected chi connectivity index (χ1v) is 11.1.